The van der Waals surface area contributed by atoms with Gasteiger partial charge in [0.15, 0.2) is 11.6 Å². The van der Waals surface area contributed by atoms with Crippen LogP contribution in [-0.2, 0) is 4.79 Å². The summed E-state index contributed by atoms with van der Waals surface area (Å²) in [4.78, 5) is 23.3. The van der Waals surface area contributed by atoms with Gasteiger partial charge in [0.2, 0.25) is 11.9 Å². The zero-order valence-electron chi connectivity index (χ0n) is 11.9. The lowest BCUT2D eigenvalue weighted by Gasteiger charge is -2.21. The minimum absolute atomic E-state index is 0.0245. The number of nitrogens with zero attached hydrogens (tertiary/aromatic N) is 4. The number of aromatic nitrogens is 2. The highest BCUT2D eigenvalue weighted by molar-refractivity contribution is 5.81. The van der Waals surface area contributed by atoms with Crippen molar-refractivity contribution in [3.05, 3.63) is 12.0 Å². The first-order valence-electron chi connectivity index (χ1n) is 6.87. The van der Waals surface area contributed by atoms with Crippen LogP contribution in [0.5, 0.6) is 0 Å². The second-order valence-corrected chi connectivity index (χ2v) is 4.88. The molecule has 0 aliphatic carbocycles. The molecule has 2 rings (SSSR count). The number of nitrogens with one attached hydrogen (secondary N) is 1. The molecule has 0 unspecified atom stereocenters. The molecule has 110 valence electrons. The SMILES string of the molecule is CCCNc1ncc(F)c(N2CCCN(C)C(=O)C2)n1. The number of hydrogen-bond donors (Lipinski definition) is 1. The van der Waals surface area contributed by atoms with Gasteiger partial charge in [0.05, 0.1) is 12.7 Å². The van der Waals surface area contributed by atoms with Gasteiger partial charge >= 0.3 is 0 Å². The van der Waals surface area contributed by atoms with Crippen LogP contribution in [0.15, 0.2) is 6.20 Å². The van der Waals surface area contributed by atoms with E-state index in [0.29, 0.717) is 19.0 Å². The second-order valence-electron chi connectivity index (χ2n) is 4.88. The van der Waals surface area contributed by atoms with Gasteiger partial charge in [0.25, 0.3) is 0 Å². The van der Waals surface area contributed by atoms with Crippen molar-refractivity contribution >= 4 is 17.7 Å². The molecule has 0 radical (unpaired) electrons. The number of halogens is 1. The van der Waals surface area contributed by atoms with Gasteiger partial charge in [-0.1, -0.05) is 6.92 Å². The Labute approximate surface area is 118 Å². The fourth-order valence-electron chi connectivity index (χ4n) is 2.07. The Kier molecular flexibility index (Phi) is 4.70. The van der Waals surface area contributed by atoms with Crippen molar-refractivity contribution in [3.63, 3.8) is 0 Å². The number of anilines is 2. The molecule has 0 atom stereocenters. The van der Waals surface area contributed by atoms with E-state index in [1.165, 1.54) is 0 Å². The van der Waals surface area contributed by atoms with E-state index >= 15 is 0 Å². The van der Waals surface area contributed by atoms with Crippen LogP contribution >= 0.6 is 0 Å². The lowest BCUT2D eigenvalue weighted by molar-refractivity contribution is -0.127. The van der Waals surface area contributed by atoms with E-state index in [4.69, 9.17) is 0 Å². The molecule has 2 heterocycles. The van der Waals surface area contributed by atoms with Gasteiger partial charge in [-0.25, -0.2) is 9.37 Å². The maximum absolute atomic E-state index is 13.9. The zero-order valence-corrected chi connectivity index (χ0v) is 11.9. The Balaban J connectivity index is 2.19. The highest BCUT2D eigenvalue weighted by atomic mass is 19.1. The molecule has 7 heteroatoms. The van der Waals surface area contributed by atoms with E-state index in [2.05, 4.69) is 15.3 Å². The number of carbonyl (C=O) groups excluding carboxylic acids is 1. The maximum atomic E-state index is 13.9. The number of likely N-dealkylation sites (N-methyl/N-ethyl adjacent to an activating group) is 1. The molecule has 0 spiro atoms. The summed E-state index contributed by atoms with van der Waals surface area (Å²) in [6, 6.07) is 0. The van der Waals surface area contributed by atoms with E-state index < -0.39 is 5.82 Å². The van der Waals surface area contributed by atoms with Crippen molar-refractivity contribution < 1.29 is 9.18 Å². The highest BCUT2D eigenvalue weighted by Gasteiger charge is 2.22. The summed E-state index contributed by atoms with van der Waals surface area (Å²) in [7, 11) is 1.76. The highest BCUT2D eigenvalue weighted by Crippen LogP contribution is 2.19. The molecular formula is C13H20FN5O. The Morgan fingerprint density at radius 2 is 2.25 bits per heavy atom. The molecule has 1 fully saturated rings. The van der Waals surface area contributed by atoms with Crippen LogP contribution in [-0.4, -0.2) is 54.0 Å². The molecule has 20 heavy (non-hydrogen) atoms. The van der Waals surface area contributed by atoms with Crippen molar-refractivity contribution in [2.45, 2.75) is 19.8 Å². The molecule has 1 aromatic rings. The molecular weight excluding hydrogens is 261 g/mol. The number of amides is 1. The Bertz CT molecular complexity index is 482. The monoisotopic (exact) mass is 281 g/mol. The first kappa shape index (κ1) is 14.5. The summed E-state index contributed by atoms with van der Waals surface area (Å²) < 4.78 is 13.9. The fraction of sp³-hybridized carbons (Fsp3) is 0.615. The number of hydrogen-bond acceptors (Lipinski definition) is 5. The summed E-state index contributed by atoms with van der Waals surface area (Å²) in [5.74, 6) is 0.0727. The number of rotatable bonds is 4. The van der Waals surface area contributed by atoms with Crippen LogP contribution in [0.4, 0.5) is 16.2 Å². The summed E-state index contributed by atoms with van der Waals surface area (Å²) in [5, 5.41) is 3.03. The van der Waals surface area contributed by atoms with Crippen LogP contribution < -0.4 is 10.2 Å². The van der Waals surface area contributed by atoms with Gasteiger partial charge in [-0.05, 0) is 12.8 Å². The van der Waals surface area contributed by atoms with Crippen molar-refractivity contribution in [3.8, 4) is 0 Å². The first-order chi connectivity index (χ1) is 9.61. The van der Waals surface area contributed by atoms with Crippen molar-refractivity contribution in [1.29, 1.82) is 0 Å². The van der Waals surface area contributed by atoms with Gasteiger partial charge in [-0.3, -0.25) is 4.79 Å². The van der Waals surface area contributed by atoms with E-state index in [9.17, 15) is 9.18 Å². The average Bonchev–Trinajstić information content (AvgIpc) is 2.60. The minimum atomic E-state index is -0.496. The van der Waals surface area contributed by atoms with Crippen LogP contribution in [0.3, 0.4) is 0 Å². The first-order valence-corrected chi connectivity index (χ1v) is 6.87. The lowest BCUT2D eigenvalue weighted by Crippen LogP contribution is -2.35. The lowest BCUT2D eigenvalue weighted by atomic mass is 10.3. The van der Waals surface area contributed by atoms with Gasteiger partial charge in [-0.15, -0.1) is 0 Å². The molecule has 1 aliphatic heterocycles. The van der Waals surface area contributed by atoms with Crippen molar-refractivity contribution in [1.82, 2.24) is 14.9 Å². The summed E-state index contributed by atoms with van der Waals surface area (Å²) in [6.07, 6.45) is 2.88. The largest absolute Gasteiger partial charge is 0.354 e. The van der Waals surface area contributed by atoms with Gasteiger partial charge in [0.1, 0.15) is 0 Å². The molecule has 6 nitrogen and oxygen atoms in total. The third kappa shape index (κ3) is 3.34. The van der Waals surface area contributed by atoms with E-state index in [-0.39, 0.29) is 18.3 Å². The third-order valence-corrected chi connectivity index (χ3v) is 3.23. The van der Waals surface area contributed by atoms with Crippen LogP contribution in [0.25, 0.3) is 0 Å². The third-order valence-electron chi connectivity index (χ3n) is 3.23. The van der Waals surface area contributed by atoms with E-state index in [0.717, 1.165) is 25.6 Å². The van der Waals surface area contributed by atoms with Gasteiger partial charge < -0.3 is 15.1 Å². The Morgan fingerprint density at radius 3 is 3.00 bits per heavy atom. The Hall–Kier alpha value is -1.92. The predicted molar refractivity (Wildman–Crippen MR) is 75.2 cm³/mol. The van der Waals surface area contributed by atoms with Crippen LogP contribution in [0.1, 0.15) is 19.8 Å². The predicted octanol–water partition coefficient (Wildman–Crippen LogP) is 1.11. The summed E-state index contributed by atoms with van der Waals surface area (Å²) in [6.45, 7) is 4.20. The quantitative estimate of drug-likeness (QED) is 0.895. The molecule has 0 aromatic carbocycles. The second kappa shape index (κ2) is 6.49. The molecule has 1 aliphatic rings. The topological polar surface area (TPSA) is 61.4 Å². The Morgan fingerprint density at radius 1 is 1.45 bits per heavy atom. The molecule has 1 aromatic heterocycles. The molecule has 1 N–H and O–H groups in total. The standard InChI is InChI=1S/C13H20FN5O/c1-3-5-15-13-16-8-10(14)12(17-13)19-7-4-6-18(2)11(20)9-19/h8H,3-7,9H2,1-2H3,(H,15,16,17). The van der Waals surface area contributed by atoms with Gasteiger partial charge in [-0.2, -0.15) is 4.98 Å². The van der Waals surface area contributed by atoms with E-state index in [1.807, 2.05) is 6.92 Å². The molecule has 1 saturated heterocycles. The van der Waals surface area contributed by atoms with Crippen LogP contribution in [0.2, 0.25) is 0 Å². The van der Waals surface area contributed by atoms with E-state index in [1.54, 1.807) is 16.8 Å². The summed E-state index contributed by atoms with van der Waals surface area (Å²) >= 11 is 0. The van der Waals surface area contributed by atoms with Crippen LogP contribution in [0, 0.1) is 5.82 Å². The zero-order chi connectivity index (χ0) is 14.5. The van der Waals surface area contributed by atoms with Crippen molar-refractivity contribution in [2.75, 3.05) is 43.4 Å². The average molecular weight is 281 g/mol. The smallest absolute Gasteiger partial charge is 0.241 e. The summed E-state index contributed by atoms with van der Waals surface area (Å²) in [5.41, 5.74) is 0. The fourth-order valence-corrected chi connectivity index (χ4v) is 2.07. The minimum Gasteiger partial charge on any atom is -0.354 e. The molecule has 0 saturated carbocycles. The molecule has 0 bridgehead atoms. The van der Waals surface area contributed by atoms with Gasteiger partial charge in [0, 0.05) is 26.7 Å². The normalized spacial score (nSPS) is 16.2. The number of carbonyl (C=O) groups is 1. The van der Waals surface area contributed by atoms with Crippen molar-refractivity contribution in [2.24, 2.45) is 0 Å². The maximum Gasteiger partial charge on any atom is 0.241 e. The molecule has 1 amide bonds.